The Hall–Kier alpha value is -2.04. The predicted molar refractivity (Wildman–Crippen MR) is 79.3 cm³/mol. The van der Waals surface area contributed by atoms with Gasteiger partial charge in [-0.05, 0) is 44.4 Å². The first-order chi connectivity index (χ1) is 9.31. The minimum absolute atomic E-state index is 0.191. The Morgan fingerprint density at radius 1 is 1.25 bits per heavy atom. The summed E-state index contributed by atoms with van der Waals surface area (Å²) in [5.74, 6) is -1.00. The average Bonchev–Trinajstić information content (AvgIpc) is 2.40. The third kappa shape index (κ3) is 3.98. The number of hydrogen-bond acceptors (Lipinski definition) is 2. The third-order valence-corrected chi connectivity index (χ3v) is 3.70. The van der Waals surface area contributed by atoms with Crippen LogP contribution in [0.15, 0.2) is 18.2 Å². The molecular formula is C15H22N2O3. The van der Waals surface area contributed by atoms with Crippen LogP contribution in [0.1, 0.15) is 49.5 Å². The highest BCUT2D eigenvalue weighted by molar-refractivity contribution is 5.94. The Morgan fingerprint density at radius 3 is 2.35 bits per heavy atom. The van der Waals surface area contributed by atoms with Crippen LogP contribution in [-0.4, -0.2) is 22.6 Å². The predicted octanol–water partition coefficient (Wildman–Crippen LogP) is 3.39. The van der Waals surface area contributed by atoms with Crippen molar-refractivity contribution in [2.75, 3.05) is 5.32 Å². The normalized spacial score (nSPS) is 11.0. The van der Waals surface area contributed by atoms with E-state index in [0.29, 0.717) is 11.3 Å². The molecule has 0 fully saturated rings. The lowest BCUT2D eigenvalue weighted by Crippen LogP contribution is -2.46. The SMILES string of the molecule is CCC(C)(CC)NC(=O)Nc1ccc(C)c(C(=O)O)c1. The molecule has 0 aromatic heterocycles. The molecule has 0 unspecified atom stereocenters. The van der Waals surface area contributed by atoms with Crippen molar-refractivity contribution < 1.29 is 14.7 Å². The first-order valence-corrected chi connectivity index (χ1v) is 6.74. The van der Waals surface area contributed by atoms with Crippen LogP contribution in [-0.2, 0) is 0 Å². The maximum atomic E-state index is 11.9. The van der Waals surface area contributed by atoms with Gasteiger partial charge in [-0.25, -0.2) is 9.59 Å². The number of aryl methyl sites for hydroxylation is 1. The summed E-state index contributed by atoms with van der Waals surface area (Å²) in [5.41, 5.74) is 1.07. The second-order valence-electron chi connectivity index (χ2n) is 5.18. The number of rotatable bonds is 5. The summed E-state index contributed by atoms with van der Waals surface area (Å²) in [6.07, 6.45) is 1.65. The van der Waals surface area contributed by atoms with Crippen molar-refractivity contribution in [3.05, 3.63) is 29.3 Å². The second-order valence-corrected chi connectivity index (χ2v) is 5.18. The van der Waals surface area contributed by atoms with E-state index in [-0.39, 0.29) is 17.1 Å². The smallest absolute Gasteiger partial charge is 0.336 e. The molecule has 20 heavy (non-hydrogen) atoms. The summed E-state index contributed by atoms with van der Waals surface area (Å²) in [5, 5.41) is 14.6. The first kappa shape index (κ1) is 16.0. The van der Waals surface area contributed by atoms with E-state index in [1.54, 1.807) is 19.1 Å². The number of benzene rings is 1. The van der Waals surface area contributed by atoms with Crippen LogP contribution in [0.2, 0.25) is 0 Å². The van der Waals surface area contributed by atoms with E-state index in [2.05, 4.69) is 10.6 Å². The molecule has 1 aromatic carbocycles. The summed E-state index contributed by atoms with van der Waals surface area (Å²) < 4.78 is 0. The van der Waals surface area contributed by atoms with Crippen LogP contribution >= 0.6 is 0 Å². The van der Waals surface area contributed by atoms with Gasteiger partial charge >= 0.3 is 12.0 Å². The van der Waals surface area contributed by atoms with Gasteiger partial charge in [0.2, 0.25) is 0 Å². The summed E-state index contributed by atoms with van der Waals surface area (Å²) >= 11 is 0. The molecule has 0 heterocycles. The first-order valence-electron chi connectivity index (χ1n) is 6.74. The Bertz CT molecular complexity index is 508. The molecule has 3 N–H and O–H groups in total. The van der Waals surface area contributed by atoms with Gasteiger partial charge in [0, 0.05) is 11.2 Å². The minimum Gasteiger partial charge on any atom is -0.478 e. The quantitative estimate of drug-likeness (QED) is 0.772. The maximum absolute atomic E-state index is 11.9. The third-order valence-electron chi connectivity index (χ3n) is 3.70. The van der Waals surface area contributed by atoms with E-state index in [1.165, 1.54) is 6.07 Å². The minimum atomic E-state index is -1.00. The largest absolute Gasteiger partial charge is 0.478 e. The van der Waals surface area contributed by atoms with Crippen molar-refractivity contribution in [3.63, 3.8) is 0 Å². The Labute approximate surface area is 119 Å². The van der Waals surface area contributed by atoms with Gasteiger partial charge in [-0.1, -0.05) is 19.9 Å². The second kappa shape index (κ2) is 6.41. The number of anilines is 1. The van der Waals surface area contributed by atoms with E-state index >= 15 is 0 Å². The molecule has 0 saturated heterocycles. The fraction of sp³-hybridized carbons (Fsp3) is 0.467. The summed E-state index contributed by atoms with van der Waals surface area (Å²) in [4.78, 5) is 23.0. The number of carboxylic acid groups (broad SMARTS) is 1. The number of nitrogens with one attached hydrogen (secondary N) is 2. The summed E-state index contributed by atoms with van der Waals surface area (Å²) in [7, 11) is 0. The lowest BCUT2D eigenvalue weighted by atomic mass is 9.96. The molecule has 1 aromatic rings. The fourth-order valence-electron chi connectivity index (χ4n) is 1.79. The number of carboxylic acids is 1. The van der Waals surface area contributed by atoms with Crippen LogP contribution in [0, 0.1) is 6.92 Å². The van der Waals surface area contributed by atoms with Crippen LogP contribution < -0.4 is 10.6 Å². The monoisotopic (exact) mass is 278 g/mol. The molecule has 0 aliphatic carbocycles. The van der Waals surface area contributed by atoms with Crippen molar-refractivity contribution in [3.8, 4) is 0 Å². The number of carbonyl (C=O) groups excluding carboxylic acids is 1. The van der Waals surface area contributed by atoms with Crippen molar-refractivity contribution in [2.24, 2.45) is 0 Å². The molecular weight excluding hydrogens is 256 g/mol. The summed E-state index contributed by atoms with van der Waals surface area (Å²) in [6.45, 7) is 7.72. The summed E-state index contributed by atoms with van der Waals surface area (Å²) in [6, 6.07) is 4.51. The Balaban J connectivity index is 2.81. The zero-order valence-electron chi connectivity index (χ0n) is 12.4. The van der Waals surface area contributed by atoms with E-state index in [0.717, 1.165) is 12.8 Å². The molecule has 5 nitrogen and oxygen atoms in total. The number of carbonyl (C=O) groups is 2. The molecule has 2 amide bonds. The van der Waals surface area contributed by atoms with Crippen LogP contribution in [0.4, 0.5) is 10.5 Å². The van der Waals surface area contributed by atoms with Gasteiger partial charge in [0.1, 0.15) is 0 Å². The van der Waals surface area contributed by atoms with Gasteiger partial charge in [-0.15, -0.1) is 0 Å². The molecule has 0 aliphatic rings. The van der Waals surface area contributed by atoms with Crippen molar-refractivity contribution >= 4 is 17.7 Å². The molecule has 5 heteroatoms. The van der Waals surface area contributed by atoms with Crippen LogP contribution in [0.3, 0.4) is 0 Å². The average molecular weight is 278 g/mol. The molecule has 0 radical (unpaired) electrons. The van der Waals surface area contributed by atoms with Gasteiger partial charge in [0.25, 0.3) is 0 Å². The van der Waals surface area contributed by atoms with E-state index < -0.39 is 5.97 Å². The van der Waals surface area contributed by atoms with Gasteiger partial charge in [0.05, 0.1) is 5.56 Å². The van der Waals surface area contributed by atoms with Gasteiger partial charge in [0.15, 0.2) is 0 Å². The number of urea groups is 1. The molecule has 0 spiro atoms. The lowest BCUT2D eigenvalue weighted by Gasteiger charge is -2.28. The van der Waals surface area contributed by atoms with E-state index in [4.69, 9.17) is 5.11 Å². The van der Waals surface area contributed by atoms with Gasteiger partial charge < -0.3 is 15.7 Å². The highest BCUT2D eigenvalue weighted by Crippen LogP contribution is 2.17. The van der Waals surface area contributed by atoms with Crippen molar-refractivity contribution in [2.45, 2.75) is 46.1 Å². The zero-order valence-corrected chi connectivity index (χ0v) is 12.4. The highest BCUT2D eigenvalue weighted by Gasteiger charge is 2.21. The molecule has 0 atom stereocenters. The lowest BCUT2D eigenvalue weighted by molar-refractivity contribution is 0.0696. The van der Waals surface area contributed by atoms with Crippen LogP contribution in [0.25, 0.3) is 0 Å². The highest BCUT2D eigenvalue weighted by atomic mass is 16.4. The number of amides is 2. The van der Waals surface area contributed by atoms with Crippen molar-refractivity contribution in [1.82, 2.24) is 5.32 Å². The molecule has 1 rings (SSSR count). The molecule has 110 valence electrons. The zero-order chi connectivity index (χ0) is 15.3. The molecule has 0 bridgehead atoms. The van der Waals surface area contributed by atoms with E-state index in [9.17, 15) is 9.59 Å². The Morgan fingerprint density at radius 2 is 1.85 bits per heavy atom. The van der Waals surface area contributed by atoms with Crippen LogP contribution in [0.5, 0.6) is 0 Å². The number of hydrogen-bond donors (Lipinski definition) is 3. The fourth-order valence-corrected chi connectivity index (χ4v) is 1.79. The standard InChI is InChI=1S/C15H22N2O3/c1-5-15(4,6-2)17-14(20)16-11-8-7-10(3)12(9-11)13(18)19/h7-9H,5-6H2,1-4H3,(H,18,19)(H2,16,17,20). The topological polar surface area (TPSA) is 78.4 Å². The van der Waals surface area contributed by atoms with Crippen molar-refractivity contribution in [1.29, 1.82) is 0 Å². The molecule has 0 aliphatic heterocycles. The van der Waals surface area contributed by atoms with E-state index in [1.807, 2.05) is 20.8 Å². The molecule has 0 saturated carbocycles. The van der Waals surface area contributed by atoms with Gasteiger partial charge in [-0.3, -0.25) is 0 Å². The van der Waals surface area contributed by atoms with Gasteiger partial charge in [-0.2, -0.15) is 0 Å². The maximum Gasteiger partial charge on any atom is 0.336 e. The number of aromatic carboxylic acids is 1. The Kier molecular flexibility index (Phi) is 5.13.